The average molecular weight is 480 g/mol. The Kier molecular flexibility index (Phi) is 8.66. The maximum atomic E-state index is 11.8. The predicted octanol–water partition coefficient (Wildman–Crippen LogP) is 2.60. The third-order valence-electron chi connectivity index (χ3n) is 4.83. The van der Waals surface area contributed by atoms with E-state index >= 15 is 0 Å². The van der Waals surface area contributed by atoms with E-state index in [2.05, 4.69) is 10.6 Å². The molecule has 0 heterocycles. The number of anilines is 2. The van der Waals surface area contributed by atoms with Crippen LogP contribution in [0.2, 0.25) is 0 Å². The summed E-state index contributed by atoms with van der Waals surface area (Å²) in [7, 11) is 0. The van der Waals surface area contributed by atoms with Crippen LogP contribution in [0.1, 0.15) is 41.4 Å². The Balaban J connectivity index is 0.000000201. The molecule has 36 heavy (non-hydrogen) atoms. The van der Waals surface area contributed by atoms with Crippen molar-refractivity contribution in [2.75, 3.05) is 10.6 Å². The van der Waals surface area contributed by atoms with E-state index in [0.717, 1.165) is 0 Å². The molecule has 4 aromatic carbocycles. The second-order valence-corrected chi connectivity index (χ2v) is 7.37. The molecule has 0 spiro atoms. The van der Waals surface area contributed by atoms with Gasteiger partial charge < -0.3 is 30.4 Å². The zero-order chi connectivity index (χ0) is 25.9. The fourth-order valence-electron chi connectivity index (χ4n) is 2.96. The number of carboxylic acids is 2. The van der Waals surface area contributed by atoms with Gasteiger partial charge in [0, 0.05) is 22.5 Å². The summed E-state index contributed by atoms with van der Waals surface area (Å²) < 4.78 is 0. The lowest BCUT2D eigenvalue weighted by atomic mass is 10.2. The Morgan fingerprint density at radius 2 is 0.722 bits per heavy atom. The second-order valence-electron chi connectivity index (χ2n) is 7.37. The van der Waals surface area contributed by atoms with Crippen LogP contribution in [-0.4, -0.2) is 23.8 Å². The third kappa shape index (κ3) is 7.39. The lowest BCUT2D eigenvalue weighted by Gasteiger charge is -2.07. The first-order chi connectivity index (χ1) is 17.3. The van der Waals surface area contributed by atoms with Crippen molar-refractivity contribution < 1.29 is 29.4 Å². The molecule has 0 fully saturated rings. The summed E-state index contributed by atoms with van der Waals surface area (Å²) in [5.74, 6) is -2.96. The Labute approximate surface area is 206 Å². The maximum absolute atomic E-state index is 11.8. The summed E-state index contributed by atoms with van der Waals surface area (Å²) in [5.41, 5.74) is 2.31. The van der Waals surface area contributed by atoms with Crippen LogP contribution in [0.25, 0.3) is 0 Å². The van der Waals surface area contributed by atoms with Gasteiger partial charge in [0.05, 0.1) is 11.9 Å². The summed E-state index contributed by atoms with van der Waals surface area (Å²) in [5, 5.41) is 26.5. The van der Waals surface area contributed by atoms with Crippen LogP contribution >= 0.6 is 0 Å². The Morgan fingerprint density at radius 3 is 1.00 bits per heavy atom. The summed E-state index contributed by atoms with van der Waals surface area (Å²) in [4.78, 5) is 44.7. The monoisotopic (exact) mass is 480 g/mol. The molecule has 4 aromatic rings. The highest BCUT2D eigenvalue weighted by atomic mass is 16.4. The molecule has 0 atom stereocenters. The second kappa shape index (κ2) is 12.3. The van der Waals surface area contributed by atoms with E-state index in [1.54, 1.807) is 48.5 Å². The van der Waals surface area contributed by atoms with Crippen molar-refractivity contribution in [3.05, 3.63) is 131 Å². The van der Waals surface area contributed by atoms with Crippen LogP contribution < -0.4 is 20.8 Å². The summed E-state index contributed by atoms with van der Waals surface area (Å²) >= 11 is 0. The van der Waals surface area contributed by atoms with Crippen LogP contribution in [0, 0.1) is 0 Å². The Morgan fingerprint density at radius 1 is 0.417 bits per heavy atom. The topological polar surface area (TPSA) is 138 Å². The minimum Gasteiger partial charge on any atom is -0.545 e. The van der Waals surface area contributed by atoms with Crippen LogP contribution in [0.15, 0.2) is 109 Å². The maximum Gasteiger partial charge on any atom is 0.255 e. The SMILES string of the molecule is O=C([O-])c1ccc(NC(=O)c2ccccc2)cc1.O=C([O-])c1ccc(NC(=O)c2ccccc2)cc1. The van der Waals surface area contributed by atoms with E-state index in [9.17, 15) is 29.4 Å². The van der Waals surface area contributed by atoms with Gasteiger partial charge in [-0.25, -0.2) is 0 Å². The molecule has 0 unspecified atom stereocenters. The van der Waals surface area contributed by atoms with Gasteiger partial charge in [-0.2, -0.15) is 0 Å². The fourth-order valence-corrected chi connectivity index (χ4v) is 2.96. The van der Waals surface area contributed by atoms with E-state index in [1.807, 2.05) is 12.1 Å². The average Bonchev–Trinajstić information content (AvgIpc) is 2.90. The molecule has 180 valence electrons. The number of aromatic carboxylic acids is 2. The van der Waals surface area contributed by atoms with Gasteiger partial charge in [0.25, 0.3) is 11.8 Å². The number of nitrogens with one attached hydrogen (secondary N) is 2. The van der Waals surface area contributed by atoms with E-state index in [-0.39, 0.29) is 22.9 Å². The number of hydrogen-bond donors (Lipinski definition) is 2. The van der Waals surface area contributed by atoms with Crippen LogP contribution in [0.5, 0.6) is 0 Å². The van der Waals surface area contributed by atoms with Crippen molar-refractivity contribution in [1.29, 1.82) is 0 Å². The van der Waals surface area contributed by atoms with Gasteiger partial charge in [-0.1, -0.05) is 60.7 Å². The van der Waals surface area contributed by atoms with Gasteiger partial charge in [0.2, 0.25) is 0 Å². The fraction of sp³-hybridized carbons (Fsp3) is 0. The molecule has 0 radical (unpaired) electrons. The summed E-state index contributed by atoms with van der Waals surface area (Å²) in [6.45, 7) is 0. The molecule has 0 saturated carbocycles. The molecule has 8 nitrogen and oxygen atoms in total. The Bertz CT molecular complexity index is 1230. The molecule has 0 aromatic heterocycles. The van der Waals surface area contributed by atoms with E-state index in [1.165, 1.54) is 48.5 Å². The first-order valence-corrected chi connectivity index (χ1v) is 10.7. The van der Waals surface area contributed by atoms with Gasteiger partial charge in [-0.15, -0.1) is 0 Å². The molecule has 0 aliphatic rings. The van der Waals surface area contributed by atoms with Gasteiger partial charge in [-0.05, 0) is 59.7 Å². The van der Waals surface area contributed by atoms with Crippen molar-refractivity contribution in [3.8, 4) is 0 Å². The third-order valence-corrected chi connectivity index (χ3v) is 4.83. The van der Waals surface area contributed by atoms with Crippen molar-refractivity contribution in [3.63, 3.8) is 0 Å². The number of carbonyl (C=O) groups excluding carboxylic acids is 4. The molecule has 8 heteroatoms. The predicted molar refractivity (Wildman–Crippen MR) is 130 cm³/mol. The standard InChI is InChI=1S/2C14H11NO3/c2*16-13(10-4-2-1-3-5-10)15-12-8-6-11(7-9-12)14(17)18/h2*1-9H,(H,15,16)(H,17,18)/p-2. The van der Waals surface area contributed by atoms with E-state index < -0.39 is 11.9 Å². The molecule has 4 rings (SSSR count). The smallest absolute Gasteiger partial charge is 0.255 e. The highest BCUT2D eigenvalue weighted by Crippen LogP contribution is 2.12. The van der Waals surface area contributed by atoms with E-state index in [4.69, 9.17) is 0 Å². The van der Waals surface area contributed by atoms with E-state index in [0.29, 0.717) is 22.5 Å². The molecule has 0 bridgehead atoms. The largest absolute Gasteiger partial charge is 0.545 e. The lowest BCUT2D eigenvalue weighted by molar-refractivity contribution is -0.256. The molecule has 2 N–H and O–H groups in total. The molecule has 0 aliphatic heterocycles. The van der Waals surface area contributed by atoms with Gasteiger partial charge in [0.15, 0.2) is 0 Å². The number of carboxylic acid groups (broad SMARTS) is 2. The zero-order valence-electron chi connectivity index (χ0n) is 18.8. The molecule has 2 amide bonds. The Hall–Kier alpha value is -5.24. The van der Waals surface area contributed by atoms with Crippen molar-refractivity contribution in [1.82, 2.24) is 0 Å². The van der Waals surface area contributed by atoms with Crippen LogP contribution in [0.3, 0.4) is 0 Å². The minimum atomic E-state index is -1.24. The first kappa shape index (κ1) is 25.4. The lowest BCUT2D eigenvalue weighted by Crippen LogP contribution is -2.22. The minimum absolute atomic E-state index is 0.0766. The number of amides is 2. The molecule has 0 saturated heterocycles. The first-order valence-electron chi connectivity index (χ1n) is 10.7. The molecular weight excluding hydrogens is 460 g/mol. The number of benzene rings is 4. The molecular formula is C28H20N2O6-2. The van der Waals surface area contributed by atoms with Crippen molar-refractivity contribution in [2.24, 2.45) is 0 Å². The highest BCUT2D eigenvalue weighted by Gasteiger charge is 2.06. The van der Waals surface area contributed by atoms with Crippen molar-refractivity contribution >= 4 is 35.1 Å². The molecule has 0 aliphatic carbocycles. The summed E-state index contributed by atoms with van der Waals surface area (Å²) in [6, 6.07) is 29.2. The number of hydrogen-bond acceptors (Lipinski definition) is 6. The van der Waals surface area contributed by atoms with Crippen LogP contribution in [0.4, 0.5) is 11.4 Å². The number of rotatable bonds is 6. The quantitative estimate of drug-likeness (QED) is 0.435. The normalized spacial score (nSPS) is 9.78. The summed E-state index contributed by atoms with van der Waals surface area (Å²) in [6.07, 6.45) is 0. The van der Waals surface area contributed by atoms with Gasteiger partial charge in [-0.3, -0.25) is 9.59 Å². The van der Waals surface area contributed by atoms with Crippen LogP contribution in [-0.2, 0) is 0 Å². The van der Waals surface area contributed by atoms with Gasteiger partial charge in [0.1, 0.15) is 0 Å². The highest BCUT2D eigenvalue weighted by molar-refractivity contribution is 6.05. The zero-order valence-corrected chi connectivity index (χ0v) is 18.8. The number of carbonyl (C=O) groups is 4. The van der Waals surface area contributed by atoms with Crippen molar-refractivity contribution in [2.45, 2.75) is 0 Å². The van der Waals surface area contributed by atoms with Gasteiger partial charge >= 0.3 is 0 Å².